The highest BCUT2D eigenvalue weighted by molar-refractivity contribution is 5.66. The molecule has 0 radical (unpaired) electrons. The molecule has 2 aromatic carbocycles. The molecule has 2 rings (SSSR count). The van der Waals surface area contributed by atoms with E-state index < -0.39 is 0 Å². The van der Waals surface area contributed by atoms with Gasteiger partial charge in [0.15, 0.2) is 0 Å². The van der Waals surface area contributed by atoms with Crippen molar-refractivity contribution in [1.29, 1.82) is 0 Å². The van der Waals surface area contributed by atoms with E-state index in [-0.39, 0.29) is 6.04 Å². The molecule has 2 heteroatoms. The van der Waals surface area contributed by atoms with Gasteiger partial charge in [0, 0.05) is 17.6 Å². The quantitative estimate of drug-likeness (QED) is 0.760. The predicted molar refractivity (Wildman–Crippen MR) is 91.3 cm³/mol. The Labute approximate surface area is 129 Å². The van der Waals surface area contributed by atoms with Crippen molar-refractivity contribution in [2.75, 3.05) is 4.90 Å². The molecule has 2 aromatic rings. The van der Waals surface area contributed by atoms with Gasteiger partial charge in [-0.15, -0.1) is 0 Å². The van der Waals surface area contributed by atoms with Gasteiger partial charge in [-0.05, 0) is 46.6 Å². The first-order valence-corrected chi connectivity index (χ1v) is 8.10. The van der Waals surface area contributed by atoms with Crippen LogP contribution in [0.15, 0.2) is 35.3 Å². The van der Waals surface area contributed by atoms with Crippen molar-refractivity contribution >= 4 is 5.69 Å². The highest BCUT2D eigenvalue weighted by Gasteiger charge is 2.26. The second kappa shape index (κ2) is 6.46. The highest BCUT2D eigenvalue weighted by atomic mass is 15.2. The van der Waals surface area contributed by atoms with Crippen LogP contribution < -0.4 is 10.3 Å². The van der Waals surface area contributed by atoms with Gasteiger partial charge >= 0.3 is 0 Å². The van der Waals surface area contributed by atoms with Crippen LogP contribution in [0.4, 0.5) is 5.69 Å². The summed E-state index contributed by atoms with van der Waals surface area (Å²) in [5.74, 6) is 0. The summed E-state index contributed by atoms with van der Waals surface area (Å²) in [4.78, 5) is 7.50. The van der Waals surface area contributed by atoms with Crippen LogP contribution in [0.1, 0.15) is 58.2 Å². The number of benzene rings is 1. The third-order valence-electron chi connectivity index (χ3n) is 4.10. The lowest BCUT2D eigenvalue weighted by atomic mass is 10.1. The maximum Gasteiger partial charge on any atom is 0.0869 e. The Balaban J connectivity index is 2.31. The first-order valence-electron chi connectivity index (χ1n) is 8.10. The van der Waals surface area contributed by atoms with Crippen molar-refractivity contribution in [1.82, 2.24) is 0 Å². The van der Waals surface area contributed by atoms with Gasteiger partial charge < -0.3 is 4.90 Å². The van der Waals surface area contributed by atoms with Crippen molar-refractivity contribution in [3.8, 4) is 0 Å². The summed E-state index contributed by atoms with van der Waals surface area (Å²) in [5.41, 5.74) is 4.05. The topological polar surface area (TPSA) is 15.6 Å². The molecule has 0 aliphatic heterocycles. The number of anilines is 1. The van der Waals surface area contributed by atoms with Crippen LogP contribution in [0.25, 0.3) is 0 Å². The summed E-state index contributed by atoms with van der Waals surface area (Å²) in [6.45, 7) is 13.4. The molecule has 0 saturated heterocycles. The molecule has 0 heterocycles. The lowest BCUT2D eigenvalue weighted by Gasteiger charge is -2.29. The number of hydrogen-bond acceptors (Lipinski definition) is 2. The molecule has 21 heavy (non-hydrogen) atoms. The van der Waals surface area contributed by atoms with E-state index in [1.807, 2.05) is 0 Å². The third kappa shape index (κ3) is 3.37. The molecule has 0 amide bonds. The molecular formula is C19H28N2. The van der Waals surface area contributed by atoms with Crippen LogP contribution in [-0.4, -0.2) is 12.1 Å². The molecule has 0 aromatic heterocycles. The minimum atomic E-state index is 0.273. The SMILES string of the molecule is CC[C@@H](N=c1c(C)c1N(C(C)C)C(C)C)c1ccccc1. The Morgan fingerprint density at radius 3 is 2.05 bits per heavy atom. The summed E-state index contributed by atoms with van der Waals surface area (Å²) < 4.78 is 0. The van der Waals surface area contributed by atoms with Gasteiger partial charge in [-0.2, -0.15) is 0 Å². The average molecular weight is 284 g/mol. The van der Waals surface area contributed by atoms with Gasteiger partial charge in [0.1, 0.15) is 0 Å². The van der Waals surface area contributed by atoms with E-state index in [0.29, 0.717) is 12.1 Å². The van der Waals surface area contributed by atoms with E-state index in [0.717, 1.165) is 6.42 Å². The fraction of sp³-hybridized carbons (Fsp3) is 0.526. The molecular weight excluding hydrogens is 256 g/mol. The largest absolute Gasteiger partial charge is 0.365 e. The zero-order valence-electron chi connectivity index (χ0n) is 14.2. The van der Waals surface area contributed by atoms with Crippen LogP contribution in [0.2, 0.25) is 0 Å². The summed E-state index contributed by atoms with van der Waals surface area (Å²) in [7, 11) is 0. The van der Waals surface area contributed by atoms with Gasteiger partial charge in [0.05, 0.1) is 17.1 Å². The van der Waals surface area contributed by atoms with Gasteiger partial charge in [0.25, 0.3) is 0 Å². The van der Waals surface area contributed by atoms with Crippen molar-refractivity contribution in [2.24, 2.45) is 4.99 Å². The smallest absolute Gasteiger partial charge is 0.0869 e. The Kier molecular flexibility index (Phi) is 4.87. The van der Waals surface area contributed by atoms with Gasteiger partial charge in [-0.25, -0.2) is 0 Å². The molecule has 0 unspecified atom stereocenters. The Bertz CT molecular complexity index is 578. The molecule has 0 fully saturated rings. The predicted octanol–water partition coefficient (Wildman–Crippen LogP) is 4.55. The van der Waals surface area contributed by atoms with Crippen LogP contribution in [-0.2, 0) is 0 Å². The molecule has 0 bridgehead atoms. The van der Waals surface area contributed by atoms with E-state index in [9.17, 15) is 0 Å². The zero-order valence-corrected chi connectivity index (χ0v) is 14.2. The third-order valence-corrected chi connectivity index (χ3v) is 4.10. The fourth-order valence-electron chi connectivity index (χ4n) is 3.07. The lowest BCUT2D eigenvalue weighted by Crippen LogP contribution is -2.36. The zero-order chi connectivity index (χ0) is 15.6. The van der Waals surface area contributed by atoms with E-state index in [2.05, 4.69) is 76.8 Å². The van der Waals surface area contributed by atoms with Crippen LogP contribution in [0.3, 0.4) is 0 Å². The first kappa shape index (κ1) is 15.8. The van der Waals surface area contributed by atoms with Gasteiger partial charge in [-0.3, -0.25) is 4.99 Å². The summed E-state index contributed by atoms with van der Waals surface area (Å²) >= 11 is 0. The standard InChI is InChI=1S/C19H28N2/c1-7-17(16-11-9-8-10-12-16)20-18-15(6)19(18)21(13(2)3)14(4)5/h8-14,17H,7H2,1-6H3/t17-/m1/s1. The Morgan fingerprint density at radius 2 is 1.57 bits per heavy atom. The van der Waals surface area contributed by atoms with E-state index in [4.69, 9.17) is 4.99 Å². The average Bonchev–Trinajstić information content (AvgIpc) is 3.06. The normalized spacial score (nSPS) is 14.4. The van der Waals surface area contributed by atoms with Crippen molar-refractivity contribution in [3.05, 3.63) is 46.8 Å². The van der Waals surface area contributed by atoms with E-state index in [1.54, 1.807) is 0 Å². The molecule has 114 valence electrons. The Hall–Kier alpha value is -1.57. The van der Waals surface area contributed by atoms with Crippen molar-refractivity contribution < 1.29 is 0 Å². The lowest BCUT2D eigenvalue weighted by molar-refractivity contribution is 0.610. The van der Waals surface area contributed by atoms with Crippen molar-refractivity contribution in [2.45, 2.75) is 66.1 Å². The minimum Gasteiger partial charge on any atom is -0.365 e. The first-order chi connectivity index (χ1) is 9.97. The molecule has 0 spiro atoms. The monoisotopic (exact) mass is 284 g/mol. The number of rotatable bonds is 6. The maximum atomic E-state index is 5.03. The van der Waals surface area contributed by atoms with Gasteiger partial charge in [0.2, 0.25) is 0 Å². The van der Waals surface area contributed by atoms with Crippen molar-refractivity contribution in [3.63, 3.8) is 0 Å². The second-order valence-electron chi connectivity index (χ2n) is 6.38. The summed E-state index contributed by atoms with van der Waals surface area (Å²) in [5, 5.41) is 1.23. The second-order valence-corrected chi connectivity index (χ2v) is 6.38. The summed E-state index contributed by atoms with van der Waals surface area (Å²) in [6, 6.07) is 11.9. The number of hydrogen-bond donors (Lipinski definition) is 0. The van der Waals surface area contributed by atoms with Gasteiger partial charge in [-0.1, -0.05) is 37.3 Å². The van der Waals surface area contributed by atoms with E-state index in [1.165, 1.54) is 22.2 Å². The molecule has 0 N–H and O–H groups in total. The molecule has 0 aliphatic rings. The van der Waals surface area contributed by atoms with Crippen LogP contribution in [0.5, 0.6) is 0 Å². The maximum absolute atomic E-state index is 5.03. The Morgan fingerprint density at radius 1 is 1.00 bits per heavy atom. The molecule has 2 nitrogen and oxygen atoms in total. The van der Waals surface area contributed by atoms with Crippen LogP contribution in [0, 0.1) is 6.92 Å². The highest BCUT2D eigenvalue weighted by Crippen LogP contribution is 2.28. The van der Waals surface area contributed by atoms with Crippen LogP contribution >= 0.6 is 0 Å². The number of nitrogens with zero attached hydrogens (tertiary/aromatic N) is 2. The summed E-state index contributed by atoms with van der Waals surface area (Å²) in [6.07, 6.45) is 1.04. The molecule has 0 aliphatic carbocycles. The molecule has 1 atom stereocenters. The molecule has 0 saturated carbocycles. The minimum absolute atomic E-state index is 0.273. The van der Waals surface area contributed by atoms with E-state index >= 15 is 0 Å². The fourth-order valence-corrected chi connectivity index (χ4v) is 3.07.